The van der Waals surface area contributed by atoms with Crippen LogP contribution in [0.15, 0.2) is 12.1 Å². The van der Waals surface area contributed by atoms with Gasteiger partial charge in [-0.25, -0.2) is 0 Å². The van der Waals surface area contributed by atoms with Gasteiger partial charge in [-0.05, 0) is 13.0 Å². The van der Waals surface area contributed by atoms with Crippen LogP contribution in [-0.4, -0.2) is 10.3 Å². The summed E-state index contributed by atoms with van der Waals surface area (Å²) < 4.78 is 0. The van der Waals surface area contributed by atoms with Crippen molar-refractivity contribution in [2.24, 2.45) is 0 Å². The van der Waals surface area contributed by atoms with E-state index in [4.69, 9.17) is 5.73 Å². The van der Waals surface area contributed by atoms with Crippen molar-refractivity contribution in [3.05, 3.63) is 33.4 Å². The zero-order valence-electron chi connectivity index (χ0n) is 8.79. The maximum absolute atomic E-state index is 10.7. The molecule has 0 saturated heterocycles. The second kappa shape index (κ2) is 5.52. The number of alkyl halides is 1. The molecular formula is C11H11BrN2O2. The second-order valence-electron chi connectivity index (χ2n) is 3.22. The molecule has 2 N–H and O–H groups in total. The largest absolute Gasteiger partial charge is 0.398 e. The molecule has 0 atom stereocenters. The van der Waals surface area contributed by atoms with Crippen LogP contribution in [0.25, 0.3) is 0 Å². The number of halogens is 1. The minimum absolute atomic E-state index is 0.0311. The zero-order chi connectivity index (χ0) is 12.1. The van der Waals surface area contributed by atoms with Crippen LogP contribution in [0.2, 0.25) is 0 Å². The lowest BCUT2D eigenvalue weighted by atomic mass is 10.1. The van der Waals surface area contributed by atoms with Crippen molar-refractivity contribution in [2.45, 2.75) is 13.3 Å². The highest BCUT2D eigenvalue weighted by Crippen LogP contribution is 2.24. The monoisotopic (exact) mass is 282 g/mol. The fraction of sp³-hybridized carbons (Fsp3) is 0.273. The van der Waals surface area contributed by atoms with Crippen LogP contribution in [0.3, 0.4) is 0 Å². The van der Waals surface area contributed by atoms with E-state index in [-0.39, 0.29) is 5.69 Å². The average Bonchev–Trinajstić information content (AvgIpc) is 2.22. The lowest BCUT2D eigenvalue weighted by molar-refractivity contribution is -0.385. The van der Waals surface area contributed by atoms with E-state index in [9.17, 15) is 10.1 Å². The Bertz CT molecular complexity index is 475. The molecule has 0 bridgehead atoms. The Morgan fingerprint density at radius 1 is 1.56 bits per heavy atom. The highest BCUT2D eigenvalue weighted by atomic mass is 79.9. The van der Waals surface area contributed by atoms with E-state index in [0.717, 1.165) is 11.8 Å². The predicted octanol–water partition coefficient (Wildman–Crippen LogP) is 2.62. The number of nitrogen functional groups attached to an aromatic ring is 1. The Kier molecular flexibility index (Phi) is 4.32. The average molecular weight is 283 g/mol. The zero-order valence-corrected chi connectivity index (χ0v) is 10.4. The Labute approximate surface area is 102 Å². The molecular weight excluding hydrogens is 272 g/mol. The van der Waals surface area contributed by atoms with Crippen LogP contribution >= 0.6 is 15.9 Å². The fourth-order valence-corrected chi connectivity index (χ4v) is 1.42. The smallest absolute Gasteiger partial charge is 0.274 e. The van der Waals surface area contributed by atoms with Gasteiger partial charge in [0.1, 0.15) is 0 Å². The van der Waals surface area contributed by atoms with Gasteiger partial charge in [-0.2, -0.15) is 0 Å². The third-order valence-electron chi connectivity index (χ3n) is 2.01. The van der Waals surface area contributed by atoms with Gasteiger partial charge in [0, 0.05) is 28.9 Å². The van der Waals surface area contributed by atoms with Crippen molar-refractivity contribution in [2.75, 3.05) is 11.1 Å². The molecule has 1 rings (SSSR count). The number of nitrogens with zero attached hydrogens (tertiary/aromatic N) is 1. The minimum atomic E-state index is -0.443. The topological polar surface area (TPSA) is 69.2 Å². The molecule has 1 aromatic carbocycles. The molecule has 0 aliphatic carbocycles. The Morgan fingerprint density at radius 3 is 2.81 bits per heavy atom. The third-order valence-corrected chi connectivity index (χ3v) is 2.40. The van der Waals surface area contributed by atoms with E-state index in [1.807, 2.05) is 0 Å². The van der Waals surface area contributed by atoms with Crippen LogP contribution in [0.1, 0.15) is 17.5 Å². The van der Waals surface area contributed by atoms with Crippen LogP contribution in [-0.2, 0) is 0 Å². The van der Waals surface area contributed by atoms with E-state index >= 15 is 0 Å². The summed E-state index contributed by atoms with van der Waals surface area (Å²) in [6.07, 6.45) is 0.718. The molecule has 0 heterocycles. The van der Waals surface area contributed by atoms with Gasteiger partial charge in [-0.15, -0.1) is 0 Å². The lowest BCUT2D eigenvalue weighted by Gasteiger charge is -2.01. The van der Waals surface area contributed by atoms with Gasteiger partial charge in [-0.1, -0.05) is 27.8 Å². The van der Waals surface area contributed by atoms with Crippen LogP contribution in [0.5, 0.6) is 0 Å². The number of nitro groups is 1. The summed E-state index contributed by atoms with van der Waals surface area (Å²) in [5.41, 5.74) is 7.28. The quantitative estimate of drug-likeness (QED) is 0.298. The predicted molar refractivity (Wildman–Crippen MR) is 67.5 cm³/mol. The van der Waals surface area contributed by atoms with Gasteiger partial charge in [0.2, 0.25) is 0 Å². The molecule has 0 spiro atoms. The number of hydrogen-bond acceptors (Lipinski definition) is 3. The van der Waals surface area contributed by atoms with E-state index in [2.05, 4.69) is 27.8 Å². The van der Waals surface area contributed by atoms with Crippen molar-refractivity contribution < 1.29 is 4.92 Å². The fourth-order valence-electron chi connectivity index (χ4n) is 1.22. The minimum Gasteiger partial charge on any atom is -0.398 e. The summed E-state index contributed by atoms with van der Waals surface area (Å²) >= 11 is 3.26. The van der Waals surface area contributed by atoms with Gasteiger partial charge in [0.05, 0.1) is 10.6 Å². The van der Waals surface area contributed by atoms with Crippen molar-refractivity contribution in [1.82, 2.24) is 0 Å². The van der Waals surface area contributed by atoms with Crippen molar-refractivity contribution in [3.8, 4) is 11.8 Å². The van der Waals surface area contributed by atoms with Crippen LogP contribution in [0, 0.1) is 28.9 Å². The normalized spacial score (nSPS) is 9.38. The summed E-state index contributed by atoms with van der Waals surface area (Å²) in [5, 5.41) is 11.5. The first-order valence-electron chi connectivity index (χ1n) is 4.65. The molecule has 0 fully saturated rings. The number of nitro benzene ring substituents is 1. The van der Waals surface area contributed by atoms with E-state index in [1.54, 1.807) is 13.0 Å². The number of aryl methyl sites for hydroxylation is 1. The number of hydrogen-bond donors (Lipinski definition) is 1. The number of rotatable bonds is 2. The summed E-state index contributed by atoms with van der Waals surface area (Å²) in [5.74, 6) is 5.81. The van der Waals surface area contributed by atoms with Crippen molar-refractivity contribution >= 4 is 27.3 Å². The number of nitrogens with two attached hydrogens (primary N) is 1. The van der Waals surface area contributed by atoms with Gasteiger partial charge in [-0.3, -0.25) is 10.1 Å². The van der Waals surface area contributed by atoms with Gasteiger partial charge < -0.3 is 5.73 Å². The molecule has 4 nitrogen and oxygen atoms in total. The number of benzene rings is 1. The van der Waals surface area contributed by atoms with Crippen LogP contribution < -0.4 is 5.73 Å². The second-order valence-corrected chi connectivity index (χ2v) is 4.02. The summed E-state index contributed by atoms with van der Waals surface area (Å²) in [6.45, 7) is 1.67. The summed E-state index contributed by atoms with van der Waals surface area (Å²) in [4.78, 5) is 10.2. The molecule has 1 aromatic rings. The Balaban J connectivity index is 3.12. The first kappa shape index (κ1) is 12.5. The molecule has 0 unspecified atom stereocenters. The molecule has 16 heavy (non-hydrogen) atoms. The number of anilines is 1. The van der Waals surface area contributed by atoms with Crippen LogP contribution in [0.4, 0.5) is 11.4 Å². The Hall–Kier alpha value is -1.54. The SMILES string of the molecule is Cc1cc(C#CCCBr)c(N)cc1[N+](=O)[O-]. The molecule has 0 aliphatic rings. The van der Waals surface area contributed by atoms with Gasteiger partial charge in [0.15, 0.2) is 0 Å². The molecule has 0 amide bonds. The standard InChI is InChI=1S/C11H11BrN2O2/c1-8-6-9(4-2-3-5-12)10(13)7-11(8)14(15)16/h6-7H,3,5,13H2,1H3. The molecule has 0 aromatic heterocycles. The highest BCUT2D eigenvalue weighted by Gasteiger charge is 2.12. The van der Waals surface area contributed by atoms with E-state index < -0.39 is 4.92 Å². The third kappa shape index (κ3) is 2.97. The molecule has 0 saturated carbocycles. The highest BCUT2D eigenvalue weighted by molar-refractivity contribution is 9.09. The maximum Gasteiger partial charge on any atom is 0.274 e. The van der Waals surface area contributed by atoms with Gasteiger partial charge >= 0.3 is 0 Å². The van der Waals surface area contributed by atoms with Gasteiger partial charge in [0.25, 0.3) is 5.69 Å². The Morgan fingerprint density at radius 2 is 2.25 bits per heavy atom. The summed E-state index contributed by atoms with van der Waals surface area (Å²) in [6, 6.07) is 3.00. The molecule has 84 valence electrons. The summed E-state index contributed by atoms with van der Waals surface area (Å²) in [7, 11) is 0. The molecule has 0 radical (unpaired) electrons. The molecule has 5 heteroatoms. The molecule has 0 aliphatic heterocycles. The van der Waals surface area contributed by atoms with Crippen molar-refractivity contribution in [1.29, 1.82) is 0 Å². The first-order chi connectivity index (χ1) is 7.56. The maximum atomic E-state index is 10.7. The lowest BCUT2D eigenvalue weighted by Crippen LogP contribution is -1.97. The first-order valence-corrected chi connectivity index (χ1v) is 5.77. The van der Waals surface area contributed by atoms with Crippen molar-refractivity contribution in [3.63, 3.8) is 0 Å². The van der Waals surface area contributed by atoms with E-state index in [0.29, 0.717) is 16.8 Å². The van der Waals surface area contributed by atoms with E-state index in [1.165, 1.54) is 6.07 Å².